The monoisotopic (exact) mass is 331 g/mol. The molecule has 0 spiro atoms. The Morgan fingerprint density at radius 1 is 0.875 bits per heavy atom. The van der Waals surface area contributed by atoms with Crippen molar-refractivity contribution in [1.82, 2.24) is 5.32 Å². The number of hydrogen-bond acceptors (Lipinski definition) is 1. The number of alkyl halides is 1. The number of unbranched alkanes of at least 4 members (excludes halogenated alkanes) is 2. The fraction of sp³-hybridized carbons (Fsp3) is 0.571. The molecule has 0 aliphatic rings. The van der Waals surface area contributed by atoms with E-state index >= 15 is 0 Å². The van der Waals surface area contributed by atoms with E-state index in [2.05, 4.69) is 58.2 Å². The second-order valence-corrected chi connectivity index (χ2v) is 5.17. The minimum atomic E-state index is 1.17. The quantitative estimate of drug-likeness (QED) is 0.412. The van der Waals surface area contributed by atoms with Gasteiger partial charge in [0.2, 0.25) is 0 Å². The summed E-state index contributed by atoms with van der Waals surface area (Å²) >= 11 is 2.44. The van der Waals surface area contributed by atoms with Crippen molar-refractivity contribution in [1.29, 1.82) is 0 Å². The molecule has 0 radical (unpaired) electrons. The van der Waals surface area contributed by atoms with Crippen LogP contribution in [0.3, 0.4) is 0 Å². The van der Waals surface area contributed by atoms with Crippen LogP contribution in [0.25, 0.3) is 0 Å². The molecule has 1 nitrogen and oxygen atoms in total. The van der Waals surface area contributed by atoms with Crippen molar-refractivity contribution in [2.75, 3.05) is 17.5 Å². The maximum Gasteiger partial charge on any atom is -0.000426 e. The Bertz CT molecular complexity index is 248. The van der Waals surface area contributed by atoms with Crippen LogP contribution < -0.4 is 5.32 Å². The van der Waals surface area contributed by atoms with Crippen LogP contribution >= 0.6 is 22.6 Å². The van der Waals surface area contributed by atoms with Crippen LogP contribution in [-0.2, 0) is 6.42 Å². The molecular formula is C14H22IN. The number of nitrogens with one attached hydrogen (secondary N) is 1. The van der Waals surface area contributed by atoms with Crippen LogP contribution in [0.4, 0.5) is 0 Å². The van der Waals surface area contributed by atoms with Crippen molar-refractivity contribution in [3.63, 3.8) is 0 Å². The molecule has 0 aromatic heterocycles. The number of rotatable bonds is 9. The molecule has 0 saturated heterocycles. The third kappa shape index (κ3) is 7.23. The molecule has 0 aliphatic heterocycles. The lowest BCUT2D eigenvalue weighted by Gasteiger charge is -2.04. The number of hydrogen-bond donors (Lipinski definition) is 1. The fourth-order valence-electron chi connectivity index (χ4n) is 1.69. The van der Waals surface area contributed by atoms with E-state index in [1.54, 1.807) is 0 Å². The maximum absolute atomic E-state index is 3.50. The summed E-state index contributed by atoms with van der Waals surface area (Å²) in [6, 6.07) is 10.8. The van der Waals surface area contributed by atoms with E-state index in [0.717, 1.165) is 0 Å². The lowest BCUT2D eigenvalue weighted by molar-refractivity contribution is 0.601. The lowest BCUT2D eigenvalue weighted by Crippen LogP contribution is -2.16. The highest BCUT2D eigenvalue weighted by Crippen LogP contribution is 2.03. The molecule has 0 saturated carbocycles. The zero-order valence-electron chi connectivity index (χ0n) is 9.92. The SMILES string of the molecule is ICCCCNCCCCc1ccccc1. The molecule has 1 rings (SSSR count). The zero-order valence-corrected chi connectivity index (χ0v) is 12.1. The summed E-state index contributed by atoms with van der Waals surface area (Å²) in [5.41, 5.74) is 1.47. The van der Waals surface area contributed by atoms with E-state index < -0.39 is 0 Å². The Morgan fingerprint density at radius 2 is 1.56 bits per heavy atom. The van der Waals surface area contributed by atoms with Crippen molar-refractivity contribution in [2.45, 2.75) is 32.1 Å². The third-order valence-corrected chi connectivity index (χ3v) is 3.41. The van der Waals surface area contributed by atoms with Gasteiger partial charge in [0, 0.05) is 0 Å². The van der Waals surface area contributed by atoms with Gasteiger partial charge >= 0.3 is 0 Å². The molecule has 0 atom stereocenters. The summed E-state index contributed by atoms with van der Waals surface area (Å²) in [5.74, 6) is 0. The number of benzene rings is 1. The molecule has 1 aromatic rings. The first-order valence-corrected chi connectivity index (χ1v) is 7.76. The Morgan fingerprint density at radius 3 is 2.25 bits per heavy atom. The van der Waals surface area contributed by atoms with Gasteiger partial charge in [0.1, 0.15) is 0 Å². The first-order chi connectivity index (χ1) is 7.93. The van der Waals surface area contributed by atoms with E-state index in [1.165, 1.54) is 55.2 Å². The molecule has 1 N–H and O–H groups in total. The predicted octanol–water partition coefficient (Wildman–Crippen LogP) is 3.81. The van der Waals surface area contributed by atoms with Gasteiger partial charge in [0.15, 0.2) is 0 Å². The summed E-state index contributed by atoms with van der Waals surface area (Å²) in [4.78, 5) is 0. The molecule has 0 amide bonds. The van der Waals surface area contributed by atoms with E-state index in [9.17, 15) is 0 Å². The normalized spacial score (nSPS) is 10.6. The molecular weight excluding hydrogens is 309 g/mol. The summed E-state index contributed by atoms with van der Waals surface area (Å²) in [6.45, 7) is 2.36. The molecule has 1 aromatic carbocycles. The van der Waals surface area contributed by atoms with Gasteiger partial charge in [-0.2, -0.15) is 0 Å². The molecule has 90 valence electrons. The fourth-order valence-corrected chi connectivity index (χ4v) is 2.23. The molecule has 0 bridgehead atoms. The predicted molar refractivity (Wildman–Crippen MR) is 80.4 cm³/mol. The first-order valence-electron chi connectivity index (χ1n) is 6.24. The average molecular weight is 331 g/mol. The van der Waals surface area contributed by atoms with Crippen LogP contribution in [0.15, 0.2) is 30.3 Å². The molecule has 0 fully saturated rings. The second kappa shape index (κ2) is 10.1. The van der Waals surface area contributed by atoms with Gasteiger partial charge in [-0.3, -0.25) is 0 Å². The van der Waals surface area contributed by atoms with Gasteiger partial charge in [0.25, 0.3) is 0 Å². The van der Waals surface area contributed by atoms with Gasteiger partial charge in [-0.15, -0.1) is 0 Å². The molecule has 0 unspecified atom stereocenters. The molecule has 16 heavy (non-hydrogen) atoms. The maximum atomic E-state index is 3.50. The summed E-state index contributed by atoms with van der Waals surface area (Å²) in [6.07, 6.45) is 6.47. The second-order valence-electron chi connectivity index (χ2n) is 4.09. The van der Waals surface area contributed by atoms with Crippen LogP contribution in [0, 0.1) is 0 Å². The standard InChI is InChI=1S/C14H22IN/c15-11-5-7-13-16-12-6-4-10-14-8-2-1-3-9-14/h1-3,8-9,16H,4-7,10-13H2. The summed E-state index contributed by atoms with van der Waals surface area (Å²) in [7, 11) is 0. The van der Waals surface area contributed by atoms with E-state index in [-0.39, 0.29) is 0 Å². The van der Waals surface area contributed by atoms with Gasteiger partial charge < -0.3 is 5.32 Å². The van der Waals surface area contributed by atoms with Gasteiger partial charge in [-0.05, 0) is 55.2 Å². The van der Waals surface area contributed by atoms with E-state index in [0.29, 0.717) is 0 Å². The first kappa shape index (κ1) is 14.0. The van der Waals surface area contributed by atoms with Crippen molar-refractivity contribution >= 4 is 22.6 Å². The van der Waals surface area contributed by atoms with Gasteiger partial charge in [-0.1, -0.05) is 52.9 Å². The van der Waals surface area contributed by atoms with Gasteiger partial charge in [-0.25, -0.2) is 0 Å². The topological polar surface area (TPSA) is 12.0 Å². The van der Waals surface area contributed by atoms with Crippen LogP contribution in [-0.4, -0.2) is 17.5 Å². The Kier molecular flexibility index (Phi) is 8.81. The highest BCUT2D eigenvalue weighted by atomic mass is 127. The van der Waals surface area contributed by atoms with Crippen molar-refractivity contribution < 1.29 is 0 Å². The number of halogens is 1. The third-order valence-electron chi connectivity index (χ3n) is 2.65. The van der Waals surface area contributed by atoms with Crippen LogP contribution in [0.1, 0.15) is 31.2 Å². The molecule has 2 heteroatoms. The number of aryl methyl sites for hydroxylation is 1. The van der Waals surface area contributed by atoms with Crippen LogP contribution in [0.2, 0.25) is 0 Å². The zero-order chi connectivity index (χ0) is 11.5. The largest absolute Gasteiger partial charge is 0.317 e. The van der Waals surface area contributed by atoms with Crippen LogP contribution in [0.5, 0.6) is 0 Å². The van der Waals surface area contributed by atoms with Crippen molar-refractivity contribution in [2.24, 2.45) is 0 Å². The van der Waals surface area contributed by atoms with E-state index in [1.807, 2.05) is 0 Å². The minimum Gasteiger partial charge on any atom is -0.317 e. The lowest BCUT2D eigenvalue weighted by atomic mass is 10.1. The van der Waals surface area contributed by atoms with E-state index in [4.69, 9.17) is 0 Å². The summed E-state index contributed by atoms with van der Waals surface area (Å²) in [5, 5.41) is 3.50. The van der Waals surface area contributed by atoms with Crippen molar-refractivity contribution in [3.8, 4) is 0 Å². The molecule has 0 aliphatic carbocycles. The highest BCUT2D eigenvalue weighted by molar-refractivity contribution is 14.1. The summed E-state index contributed by atoms with van der Waals surface area (Å²) < 4.78 is 1.29. The average Bonchev–Trinajstić information content (AvgIpc) is 2.34. The highest BCUT2D eigenvalue weighted by Gasteiger charge is 1.92. The minimum absolute atomic E-state index is 1.17. The Labute approximate surface area is 113 Å². The molecule has 0 heterocycles. The smallest absolute Gasteiger partial charge is 0.000426 e. The van der Waals surface area contributed by atoms with Crippen molar-refractivity contribution in [3.05, 3.63) is 35.9 Å². The Hall–Kier alpha value is -0.0900. The Balaban J connectivity index is 1.89. The van der Waals surface area contributed by atoms with Gasteiger partial charge in [0.05, 0.1) is 0 Å².